The highest BCUT2D eigenvalue weighted by molar-refractivity contribution is 5.77. The van der Waals surface area contributed by atoms with Gasteiger partial charge in [0.05, 0.1) is 30.7 Å². The van der Waals surface area contributed by atoms with Crippen LogP contribution in [0.1, 0.15) is 38.8 Å². The van der Waals surface area contributed by atoms with E-state index in [-0.39, 0.29) is 42.2 Å². The first kappa shape index (κ1) is 36.2. The molecule has 2 N–H and O–H groups in total. The molecule has 16 heteroatoms. The summed E-state index contributed by atoms with van der Waals surface area (Å²) in [4.78, 5) is 36.9. The van der Waals surface area contributed by atoms with Gasteiger partial charge in [-0.15, -0.1) is 6.58 Å². The fourth-order valence-electron chi connectivity index (χ4n) is 5.90. The van der Waals surface area contributed by atoms with E-state index in [1.54, 1.807) is 42.9 Å². The fraction of sp³-hybridized carbons (Fsp3) is 0.514. The molecule has 51 heavy (non-hydrogen) atoms. The van der Waals surface area contributed by atoms with Crippen LogP contribution in [0.25, 0.3) is 16.9 Å². The lowest BCUT2D eigenvalue weighted by atomic mass is 10.0. The average molecular weight is 706 g/mol. The topological polar surface area (TPSA) is 163 Å². The summed E-state index contributed by atoms with van der Waals surface area (Å²) < 4.78 is 31.7. The van der Waals surface area contributed by atoms with Crippen molar-refractivity contribution in [2.24, 2.45) is 0 Å². The van der Waals surface area contributed by atoms with E-state index in [9.17, 15) is 9.90 Å². The Labute approximate surface area is 296 Å². The Morgan fingerprint density at radius 2 is 1.90 bits per heavy atom. The second kappa shape index (κ2) is 16.2. The number of anilines is 3. The highest BCUT2D eigenvalue weighted by atomic mass is 16.7. The zero-order chi connectivity index (χ0) is 36.0. The van der Waals surface area contributed by atoms with E-state index in [4.69, 9.17) is 38.6 Å². The quantitative estimate of drug-likeness (QED) is 0.105. The van der Waals surface area contributed by atoms with E-state index in [0.717, 1.165) is 51.3 Å². The molecule has 6 heterocycles. The lowest BCUT2D eigenvalue weighted by Crippen LogP contribution is -2.45. The molecular weight excluding hydrogens is 658 g/mol. The van der Waals surface area contributed by atoms with Crippen LogP contribution in [-0.4, -0.2) is 113 Å². The van der Waals surface area contributed by atoms with E-state index in [0.29, 0.717) is 48.5 Å². The number of fused-ring (bicyclic) bond motifs is 1. The minimum Gasteiger partial charge on any atom is -0.487 e. The van der Waals surface area contributed by atoms with Crippen molar-refractivity contribution in [1.82, 2.24) is 34.2 Å². The molecule has 0 bridgehead atoms. The Bertz CT molecular complexity index is 1860. The van der Waals surface area contributed by atoms with Gasteiger partial charge in [-0.3, -0.25) is 4.79 Å². The number of nitrogens with zero attached hydrogens (tertiary/aromatic N) is 8. The summed E-state index contributed by atoms with van der Waals surface area (Å²) in [5.74, 6) is 2.26. The number of pyridine rings is 2. The number of methoxy groups -OCH3 is 1. The van der Waals surface area contributed by atoms with E-state index in [1.807, 2.05) is 6.07 Å². The average Bonchev–Trinajstić information content (AvgIpc) is 3.39. The lowest BCUT2D eigenvalue weighted by molar-refractivity contribution is -0.165. The molecule has 2 fully saturated rings. The molecule has 1 atom stereocenters. The van der Waals surface area contributed by atoms with Gasteiger partial charge in [-0.05, 0) is 40.2 Å². The van der Waals surface area contributed by atoms with Gasteiger partial charge in [0.25, 0.3) is 5.56 Å². The molecule has 2 aliphatic rings. The van der Waals surface area contributed by atoms with Crippen molar-refractivity contribution in [2.75, 3.05) is 77.2 Å². The Balaban J connectivity index is 1.33. The number of rotatable bonds is 15. The summed E-state index contributed by atoms with van der Waals surface area (Å²) in [6, 6.07) is 5.15. The number of ether oxygens (including phenoxy) is 5. The number of nitrogens with one attached hydrogen (secondary N) is 1. The van der Waals surface area contributed by atoms with Crippen LogP contribution in [0, 0.1) is 0 Å². The van der Waals surface area contributed by atoms with Crippen LogP contribution < -0.4 is 25.2 Å². The molecular formula is C35H47N9O7. The molecule has 6 rings (SSSR count). The normalized spacial score (nSPS) is 17.1. The molecule has 0 aliphatic carbocycles. The third-order valence-corrected chi connectivity index (χ3v) is 8.62. The maximum atomic E-state index is 13.6. The van der Waals surface area contributed by atoms with Crippen LogP contribution >= 0.6 is 0 Å². The van der Waals surface area contributed by atoms with Crippen molar-refractivity contribution < 1.29 is 28.8 Å². The first-order valence-corrected chi connectivity index (χ1v) is 17.2. The second-order valence-electron chi connectivity index (χ2n) is 13.1. The standard InChI is InChI=1S/C35H47N9O7/c1-6-10-43-33(45)26-22-37-34(40-31(26)44(43)29-20-25(51-23-47-5)19-28(39-29)35(2,3)46)38-24-18-27(48-16-17-50-30-9-7-8-15-49-30)32(36-21-24)42-13-11-41(4)12-14-42/h6,18-22,30,46H,1,7-17,23H2,2-5H3,(H,37,38,40). The fourth-order valence-corrected chi connectivity index (χ4v) is 5.90. The van der Waals surface area contributed by atoms with Crippen molar-refractivity contribution in [3.8, 4) is 17.3 Å². The third kappa shape index (κ3) is 8.65. The monoisotopic (exact) mass is 705 g/mol. The first-order chi connectivity index (χ1) is 24.6. The molecule has 2 saturated heterocycles. The number of piperazine rings is 1. The number of allylic oxidation sites excluding steroid dienone is 1. The summed E-state index contributed by atoms with van der Waals surface area (Å²) in [5.41, 5.74) is -0.433. The van der Waals surface area contributed by atoms with Crippen LogP contribution in [0.2, 0.25) is 0 Å². The second-order valence-corrected chi connectivity index (χ2v) is 13.1. The predicted octanol–water partition coefficient (Wildman–Crippen LogP) is 3.19. The van der Waals surface area contributed by atoms with Crippen LogP contribution in [0.4, 0.5) is 17.5 Å². The van der Waals surface area contributed by atoms with Gasteiger partial charge in [0.1, 0.15) is 23.3 Å². The summed E-state index contributed by atoms with van der Waals surface area (Å²) in [6.07, 6.45) is 7.62. The van der Waals surface area contributed by atoms with Gasteiger partial charge in [0, 0.05) is 64.3 Å². The number of aromatic nitrogens is 6. The van der Waals surface area contributed by atoms with Gasteiger partial charge in [-0.25, -0.2) is 24.3 Å². The zero-order valence-corrected chi connectivity index (χ0v) is 29.7. The van der Waals surface area contributed by atoms with Crippen LogP contribution in [-0.2, 0) is 26.4 Å². The van der Waals surface area contributed by atoms with Gasteiger partial charge in [0.2, 0.25) is 5.95 Å². The van der Waals surface area contributed by atoms with Gasteiger partial charge in [-0.2, -0.15) is 4.98 Å². The molecule has 0 saturated carbocycles. The van der Waals surface area contributed by atoms with Crippen LogP contribution in [0.15, 0.2) is 48.0 Å². The summed E-state index contributed by atoms with van der Waals surface area (Å²) >= 11 is 0. The SMILES string of the molecule is C=CCn1c(=O)c2cnc(Nc3cnc(N4CCN(C)CC4)c(OCCOC4CCCCO4)c3)nc2n1-c1cc(OCOC)cc(C(C)(C)O)n1. The molecule has 0 spiro atoms. The van der Waals surface area contributed by atoms with Crippen molar-refractivity contribution in [3.63, 3.8) is 0 Å². The van der Waals surface area contributed by atoms with Crippen LogP contribution in [0.3, 0.4) is 0 Å². The number of likely N-dealkylation sites (N-methyl/N-ethyl adjacent to an activating group) is 1. The van der Waals surface area contributed by atoms with Crippen molar-refractivity contribution in [2.45, 2.75) is 51.5 Å². The van der Waals surface area contributed by atoms with Crippen molar-refractivity contribution in [3.05, 3.63) is 59.3 Å². The molecule has 16 nitrogen and oxygen atoms in total. The molecule has 4 aromatic heterocycles. The van der Waals surface area contributed by atoms with E-state index in [2.05, 4.69) is 33.7 Å². The minimum absolute atomic E-state index is 0.0217. The molecule has 274 valence electrons. The highest BCUT2D eigenvalue weighted by Gasteiger charge is 2.25. The maximum Gasteiger partial charge on any atom is 0.278 e. The molecule has 2 aliphatic heterocycles. The van der Waals surface area contributed by atoms with E-state index in [1.165, 1.54) is 18.0 Å². The minimum atomic E-state index is -1.31. The van der Waals surface area contributed by atoms with Gasteiger partial charge >= 0.3 is 0 Å². The van der Waals surface area contributed by atoms with Crippen molar-refractivity contribution in [1.29, 1.82) is 0 Å². The summed E-state index contributed by atoms with van der Waals surface area (Å²) in [7, 11) is 3.62. The third-order valence-electron chi connectivity index (χ3n) is 8.62. The Morgan fingerprint density at radius 1 is 1.08 bits per heavy atom. The largest absolute Gasteiger partial charge is 0.487 e. The molecule has 4 aromatic rings. The van der Waals surface area contributed by atoms with Crippen LogP contribution in [0.5, 0.6) is 11.5 Å². The predicted molar refractivity (Wildman–Crippen MR) is 191 cm³/mol. The Kier molecular flexibility index (Phi) is 11.5. The number of hydrogen-bond acceptors (Lipinski definition) is 14. The lowest BCUT2D eigenvalue weighted by Gasteiger charge is -2.34. The smallest absolute Gasteiger partial charge is 0.278 e. The van der Waals surface area contributed by atoms with Gasteiger partial charge < -0.3 is 43.9 Å². The first-order valence-electron chi connectivity index (χ1n) is 17.2. The van der Waals surface area contributed by atoms with E-state index < -0.39 is 5.60 Å². The summed E-state index contributed by atoms with van der Waals surface area (Å²) in [5, 5.41) is 14.4. The molecule has 0 amide bonds. The van der Waals surface area contributed by atoms with E-state index >= 15 is 0 Å². The number of aliphatic hydroxyl groups is 1. The maximum absolute atomic E-state index is 13.6. The highest BCUT2D eigenvalue weighted by Crippen LogP contribution is 2.31. The van der Waals surface area contributed by atoms with Gasteiger partial charge in [-0.1, -0.05) is 6.08 Å². The Morgan fingerprint density at radius 3 is 2.63 bits per heavy atom. The van der Waals surface area contributed by atoms with Gasteiger partial charge in [0.15, 0.2) is 36.1 Å². The Hall–Kier alpha value is -4.61. The van der Waals surface area contributed by atoms with Crippen molar-refractivity contribution >= 4 is 28.5 Å². The molecule has 0 radical (unpaired) electrons. The summed E-state index contributed by atoms with van der Waals surface area (Å²) in [6.45, 7) is 12.1. The molecule has 0 aromatic carbocycles. The zero-order valence-electron chi connectivity index (χ0n) is 29.7. The molecule has 1 unspecified atom stereocenters. The number of hydrogen-bond donors (Lipinski definition) is 2.